The number of hydrogen-bond acceptors (Lipinski definition) is 4. The summed E-state index contributed by atoms with van der Waals surface area (Å²) in [5.41, 5.74) is 5.22. The monoisotopic (exact) mass is 369 g/mol. The van der Waals surface area contributed by atoms with Crippen molar-refractivity contribution in [1.82, 2.24) is 10.6 Å². The Morgan fingerprint density at radius 1 is 1.26 bits per heavy atom. The maximum Gasteiger partial charge on any atom is 0.153 e. The Morgan fingerprint density at radius 2 is 2.00 bits per heavy atom. The van der Waals surface area contributed by atoms with Crippen molar-refractivity contribution in [3.05, 3.63) is 41.2 Å². The summed E-state index contributed by atoms with van der Waals surface area (Å²) >= 11 is 0. The van der Waals surface area contributed by atoms with Crippen LogP contribution < -0.4 is 15.5 Å². The molecule has 1 atom stereocenters. The number of para-hydroxylation sites is 1. The predicted octanol–water partition coefficient (Wildman–Crippen LogP) is 3.96. The Labute approximate surface area is 164 Å². The maximum atomic E-state index is 9.00. The number of fused-ring (bicyclic) bond motifs is 1. The molecule has 0 saturated heterocycles. The van der Waals surface area contributed by atoms with Crippen LogP contribution in [0.4, 0.5) is 5.69 Å². The molecule has 0 bridgehead atoms. The molecule has 0 amide bonds. The zero-order valence-corrected chi connectivity index (χ0v) is 17.5. The van der Waals surface area contributed by atoms with E-state index in [1.54, 1.807) is 0 Å². The van der Waals surface area contributed by atoms with Gasteiger partial charge in [0.05, 0.1) is 0 Å². The fourth-order valence-corrected chi connectivity index (χ4v) is 3.60. The summed E-state index contributed by atoms with van der Waals surface area (Å²) < 4.78 is 0. The molecule has 1 aromatic rings. The number of benzene rings is 1. The standard InChI is InChI=1S/C22H35N5/c1-6-9-16(2)26-21(17(3)25-5)22(23)27-15-18(12-13-24-4)14-19-10-7-8-11-20(19)27/h7-8,10-11,18,23-25H,6,9,12-15H2,1-5H3. The maximum absolute atomic E-state index is 9.00. The first-order valence-corrected chi connectivity index (χ1v) is 10.0. The fraction of sp³-hybridized carbons (Fsp3) is 0.545. The predicted molar refractivity (Wildman–Crippen MR) is 117 cm³/mol. The van der Waals surface area contributed by atoms with Crippen LogP contribution in [0.5, 0.6) is 0 Å². The quantitative estimate of drug-likeness (QED) is 0.480. The van der Waals surface area contributed by atoms with Crippen LogP contribution in [-0.4, -0.2) is 38.7 Å². The lowest BCUT2D eigenvalue weighted by Crippen LogP contribution is -2.41. The second-order valence-electron chi connectivity index (χ2n) is 7.37. The minimum absolute atomic E-state index is 0.485. The molecule has 0 fully saturated rings. The first-order valence-electron chi connectivity index (χ1n) is 10.0. The molecule has 0 saturated carbocycles. The smallest absolute Gasteiger partial charge is 0.153 e. The molecule has 1 aliphatic rings. The summed E-state index contributed by atoms with van der Waals surface area (Å²) in [7, 11) is 3.89. The minimum Gasteiger partial charge on any atom is -0.390 e. The van der Waals surface area contributed by atoms with Gasteiger partial charge in [0, 0.05) is 30.7 Å². The van der Waals surface area contributed by atoms with E-state index >= 15 is 0 Å². The van der Waals surface area contributed by atoms with Crippen LogP contribution in [0.2, 0.25) is 0 Å². The zero-order chi connectivity index (χ0) is 19.8. The summed E-state index contributed by atoms with van der Waals surface area (Å²) in [5.74, 6) is 1.02. The van der Waals surface area contributed by atoms with Crippen LogP contribution in [0, 0.1) is 11.3 Å². The third-order valence-corrected chi connectivity index (χ3v) is 5.17. The normalized spacial score (nSPS) is 18.0. The van der Waals surface area contributed by atoms with Crippen molar-refractivity contribution in [1.29, 1.82) is 5.41 Å². The number of nitrogens with zero attached hydrogens (tertiary/aromatic N) is 2. The SMILES string of the molecule is CCCC(C)=NC(C(=N)N1CC(CCNC)Cc2ccccc21)=C(C)NC. The van der Waals surface area contributed by atoms with Gasteiger partial charge >= 0.3 is 0 Å². The van der Waals surface area contributed by atoms with Crippen LogP contribution in [0.1, 0.15) is 45.6 Å². The highest BCUT2D eigenvalue weighted by atomic mass is 15.2. The minimum atomic E-state index is 0.485. The van der Waals surface area contributed by atoms with Crippen LogP contribution >= 0.6 is 0 Å². The molecule has 27 heavy (non-hydrogen) atoms. The van der Waals surface area contributed by atoms with Gasteiger partial charge in [0.2, 0.25) is 0 Å². The Morgan fingerprint density at radius 3 is 2.67 bits per heavy atom. The summed E-state index contributed by atoms with van der Waals surface area (Å²) in [6, 6.07) is 8.49. The molecule has 148 valence electrons. The third kappa shape index (κ3) is 5.42. The van der Waals surface area contributed by atoms with Crippen molar-refractivity contribution in [2.45, 2.75) is 46.5 Å². The topological polar surface area (TPSA) is 63.5 Å². The van der Waals surface area contributed by atoms with Gasteiger partial charge in [-0.1, -0.05) is 31.5 Å². The molecule has 5 heteroatoms. The number of anilines is 1. The van der Waals surface area contributed by atoms with Gasteiger partial charge in [-0.15, -0.1) is 0 Å². The van der Waals surface area contributed by atoms with Gasteiger partial charge in [-0.3, -0.25) is 10.4 Å². The lowest BCUT2D eigenvalue weighted by atomic mass is 9.89. The highest BCUT2D eigenvalue weighted by Crippen LogP contribution is 2.32. The summed E-state index contributed by atoms with van der Waals surface area (Å²) in [5, 5.41) is 15.5. The summed E-state index contributed by atoms with van der Waals surface area (Å²) in [6.07, 6.45) is 4.20. The molecule has 1 aliphatic heterocycles. The Bertz CT molecular complexity index is 704. The Kier molecular flexibility index (Phi) is 8.04. The lowest BCUT2D eigenvalue weighted by Gasteiger charge is -2.36. The molecular formula is C22H35N5. The molecule has 2 rings (SSSR count). The van der Waals surface area contributed by atoms with Gasteiger partial charge in [-0.25, -0.2) is 0 Å². The molecule has 0 radical (unpaired) electrons. The van der Waals surface area contributed by atoms with Gasteiger partial charge in [0.1, 0.15) is 5.70 Å². The number of amidine groups is 1. The molecule has 1 aromatic carbocycles. The van der Waals surface area contributed by atoms with Crippen molar-refractivity contribution in [2.75, 3.05) is 32.1 Å². The van der Waals surface area contributed by atoms with Gasteiger partial charge in [-0.05, 0) is 64.3 Å². The van der Waals surface area contributed by atoms with Crippen molar-refractivity contribution in [3.8, 4) is 0 Å². The first-order chi connectivity index (χ1) is 13.0. The van der Waals surface area contributed by atoms with Crippen LogP contribution in [-0.2, 0) is 6.42 Å². The Balaban J connectivity index is 2.39. The highest BCUT2D eigenvalue weighted by molar-refractivity contribution is 6.09. The second-order valence-corrected chi connectivity index (χ2v) is 7.37. The molecule has 0 aromatic heterocycles. The van der Waals surface area contributed by atoms with Crippen LogP contribution in [0.3, 0.4) is 0 Å². The van der Waals surface area contributed by atoms with E-state index in [1.165, 1.54) is 5.56 Å². The molecule has 1 heterocycles. The fourth-order valence-electron chi connectivity index (χ4n) is 3.60. The van der Waals surface area contributed by atoms with E-state index < -0.39 is 0 Å². The first kappa shape index (κ1) is 21.2. The van der Waals surface area contributed by atoms with E-state index in [0.29, 0.717) is 11.8 Å². The number of rotatable bonds is 8. The summed E-state index contributed by atoms with van der Waals surface area (Å²) in [6.45, 7) is 8.08. The van der Waals surface area contributed by atoms with E-state index in [2.05, 4.69) is 53.6 Å². The highest BCUT2D eigenvalue weighted by Gasteiger charge is 2.28. The molecule has 3 N–H and O–H groups in total. The molecular weight excluding hydrogens is 334 g/mol. The van der Waals surface area contributed by atoms with Gasteiger partial charge in [0.25, 0.3) is 0 Å². The van der Waals surface area contributed by atoms with E-state index in [9.17, 15) is 0 Å². The van der Waals surface area contributed by atoms with E-state index in [4.69, 9.17) is 10.4 Å². The van der Waals surface area contributed by atoms with E-state index in [-0.39, 0.29) is 0 Å². The average Bonchev–Trinajstić information content (AvgIpc) is 2.69. The van der Waals surface area contributed by atoms with Gasteiger partial charge in [-0.2, -0.15) is 0 Å². The molecule has 0 aliphatic carbocycles. The lowest BCUT2D eigenvalue weighted by molar-refractivity contribution is 0.468. The number of hydrogen-bond donors (Lipinski definition) is 3. The van der Waals surface area contributed by atoms with Crippen LogP contribution in [0.25, 0.3) is 0 Å². The molecule has 0 spiro atoms. The van der Waals surface area contributed by atoms with Gasteiger partial charge < -0.3 is 15.5 Å². The molecule has 1 unspecified atom stereocenters. The largest absolute Gasteiger partial charge is 0.390 e. The van der Waals surface area contributed by atoms with Crippen molar-refractivity contribution < 1.29 is 0 Å². The average molecular weight is 370 g/mol. The van der Waals surface area contributed by atoms with Crippen molar-refractivity contribution >= 4 is 17.2 Å². The number of allylic oxidation sites excluding steroid dienone is 1. The summed E-state index contributed by atoms with van der Waals surface area (Å²) in [4.78, 5) is 6.98. The van der Waals surface area contributed by atoms with E-state index in [1.807, 2.05) is 21.0 Å². The zero-order valence-electron chi connectivity index (χ0n) is 17.5. The Hall–Kier alpha value is -2.14. The number of aliphatic imine (C=N–C) groups is 1. The van der Waals surface area contributed by atoms with E-state index in [0.717, 1.165) is 61.6 Å². The molecule has 5 nitrogen and oxygen atoms in total. The van der Waals surface area contributed by atoms with Gasteiger partial charge in [0.15, 0.2) is 5.84 Å². The van der Waals surface area contributed by atoms with Crippen molar-refractivity contribution in [3.63, 3.8) is 0 Å². The second kappa shape index (κ2) is 10.3. The van der Waals surface area contributed by atoms with Crippen LogP contribution in [0.15, 0.2) is 40.7 Å². The van der Waals surface area contributed by atoms with Crippen molar-refractivity contribution in [2.24, 2.45) is 10.9 Å². The number of nitrogens with one attached hydrogen (secondary N) is 3. The third-order valence-electron chi connectivity index (χ3n) is 5.17.